The molecule has 0 spiro atoms. The molecule has 7 heteroatoms. The minimum Gasteiger partial charge on any atom is -0.364 e. The smallest absolute Gasteiger partial charge is 0.251 e. The Morgan fingerprint density at radius 1 is 0.929 bits per heavy atom. The number of rotatable bonds is 3. The van der Waals surface area contributed by atoms with Crippen LogP contribution in [0.5, 0.6) is 0 Å². The highest BCUT2D eigenvalue weighted by Crippen LogP contribution is 2.30. The first-order valence-electron chi connectivity index (χ1n) is 9.82. The van der Waals surface area contributed by atoms with Crippen LogP contribution in [0.3, 0.4) is 0 Å². The number of anilines is 1. The monoisotopic (exact) mass is 399 g/mol. The van der Waals surface area contributed by atoms with E-state index in [9.17, 15) is 13.2 Å². The highest BCUT2D eigenvalue weighted by molar-refractivity contribution is 7.89. The van der Waals surface area contributed by atoms with Crippen molar-refractivity contribution in [3.05, 3.63) is 59.7 Å². The minimum absolute atomic E-state index is 0.0685. The average Bonchev–Trinajstić information content (AvgIpc) is 2.96. The van der Waals surface area contributed by atoms with Gasteiger partial charge >= 0.3 is 0 Å². The van der Waals surface area contributed by atoms with Gasteiger partial charge in [-0.15, -0.1) is 0 Å². The third kappa shape index (κ3) is 4.05. The Balaban J connectivity index is 1.47. The van der Waals surface area contributed by atoms with Crippen molar-refractivity contribution in [3.8, 4) is 0 Å². The Kier molecular flexibility index (Phi) is 5.37. The van der Waals surface area contributed by atoms with Crippen molar-refractivity contribution >= 4 is 21.6 Å². The molecule has 2 aromatic rings. The van der Waals surface area contributed by atoms with Crippen molar-refractivity contribution in [2.75, 3.05) is 5.32 Å². The van der Waals surface area contributed by atoms with Crippen LogP contribution in [0.4, 0.5) is 5.69 Å². The number of carbonyl (C=O) groups is 1. The molecule has 2 aliphatic rings. The molecule has 1 aliphatic carbocycles. The first-order chi connectivity index (χ1) is 13.5. The van der Waals surface area contributed by atoms with Gasteiger partial charge < -0.3 is 10.6 Å². The zero-order valence-electron chi connectivity index (χ0n) is 15.6. The molecule has 28 heavy (non-hydrogen) atoms. The third-order valence-electron chi connectivity index (χ3n) is 5.45. The Bertz CT molecular complexity index is 949. The van der Waals surface area contributed by atoms with E-state index in [-0.39, 0.29) is 16.8 Å². The summed E-state index contributed by atoms with van der Waals surface area (Å²) in [5, 5.41) is 6.33. The van der Waals surface area contributed by atoms with E-state index >= 15 is 0 Å². The zero-order chi connectivity index (χ0) is 19.6. The van der Waals surface area contributed by atoms with Crippen LogP contribution in [0.15, 0.2) is 53.4 Å². The molecule has 1 amide bonds. The lowest BCUT2D eigenvalue weighted by atomic mass is 10.1. The molecule has 0 aromatic heterocycles. The van der Waals surface area contributed by atoms with Crippen molar-refractivity contribution in [1.29, 1.82) is 0 Å². The molecule has 0 bridgehead atoms. The van der Waals surface area contributed by atoms with Crippen LogP contribution < -0.4 is 15.4 Å². The predicted octanol–water partition coefficient (Wildman–Crippen LogP) is 3.54. The van der Waals surface area contributed by atoms with E-state index in [1.807, 2.05) is 0 Å². The average molecular weight is 400 g/mol. The number of nitrogens with one attached hydrogen (secondary N) is 3. The molecule has 0 radical (unpaired) electrons. The molecule has 148 valence electrons. The van der Waals surface area contributed by atoms with Gasteiger partial charge in [0, 0.05) is 11.6 Å². The second kappa shape index (κ2) is 7.93. The van der Waals surface area contributed by atoms with E-state index in [1.54, 1.807) is 48.5 Å². The lowest BCUT2D eigenvalue weighted by Gasteiger charge is -2.28. The highest BCUT2D eigenvalue weighted by Gasteiger charge is 2.29. The van der Waals surface area contributed by atoms with Crippen molar-refractivity contribution < 1.29 is 13.2 Å². The maximum absolute atomic E-state index is 12.5. The van der Waals surface area contributed by atoms with Gasteiger partial charge in [0.25, 0.3) is 5.91 Å². The molecule has 1 fully saturated rings. The number of para-hydroxylation sites is 1. The number of carbonyl (C=O) groups excluding carboxylic acids is 1. The molecular formula is C21H25N3O3S. The Morgan fingerprint density at radius 2 is 1.61 bits per heavy atom. The van der Waals surface area contributed by atoms with Gasteiger partial charge in [-0.3, -0.25) is 4.79 Å². The molecule has 1 saturated carbocycles. The summed E-state index contributed by atoms with van der Waals surface area (Å²) in [5.41, 5.74) is 1.91. The van der Waals surface area contributed by atoms with E-state index in [1.165, 1.54) is 25.7 Å². The summed E-state index contributed by atoms with van der Waals surface area (Å²) in [6, 6.07) is 14.1. The van der Waals surface area contributed by atoms with Crippen LogP contribution in [-0.2, 0) is 10.0 Å². The van der Waals surface area contributed by atoms with Crippen molar-refractivity contribution in [3.63, 3.8) is 0 Å². The van der Waals surface area contributed by atoms with Gasteiger partial charge in [-0.25, -0.2) is 8.42 Å². The fraction of sp³-hybridized carbons (Fsp3) is 0.381. The molecule has 3 N–H and O–H groups in total. The molecule has 1 atom stereocenters. The largest absolute Gasteiger partial charge is 0.364 e. The normalized spacial score (nSPS) is 21.8. The zero-order valence-corrected chi connectivity index (χ0v) is 16.5. The van der Waals surface area contributed by atoms with Gasteiger partial charge in [-0.1, -0.05) is 49.9 Å². The molecule has 1 aliphatic heterocycles. The molecular weight excluding hydrogens is 374 g/mol. The molecule has 4 rings (SSSR count). The topological polar surface area (TPSA) is 87.3 Å². The number of fused-ring (bicyclic) bond motifs is 1. The molecule has 6 nitrogen and oxygen atoms in total. The van der Waals surface area contributed by atoms with Gasteiger partial charge in [0.2, 0.25) is 10.0 Å². The van der Waals surface area contributed by atoms with E-state index in [0.29, 0.717) is 11.3 Å². The predicted molar refractivity (Wildman–Crippen MR) is 109 cm³/mol. The first-order valence-corrected chi connectivity index (χ1v) is 11.3. The van der Waals surface area contributed by atoms with Crippen molar-refractivity contribution in [2.24, 2.45) is 0 Å². The standard InChI is InChI=1S/C21H25N3O3S/c25-21(22-17-7-3-1-2-4-8-17)16-13-11-15(12-14-16)20-23-18-9-5-6-10-19(18)28(26,27)24-20/h5-6,9-14,17,20,23-24H,1-4,7-8H2,(H,22,25)/t20-/m1/s1. The summed E-state index contributed by atoms with van der Waals surface area (Å²) >= 11 is 0. The maximum atomic E-state index is 12.5. The van der Waals surface area contributed by atoms with Crippen LogP contribution in [0.25, 0.3) is 0 Å². The van der Waals surface area contributed by atoms with Gasteiger partial charge in [0.1, 0.15) is 11.1 Å². The van der Waals surface area contributed by atoms with Gasteiger partial charge in [0.15, 0.2) is 0 Å². The summed E-state index contributed by atoms with van der Waals surface area (Å²) in [6.07, 6.45) is 6.33. The number of hydrogen-bond acceptors (Lipinski definition) is 4. The van der Waals surface area contributed by atoms with Crippen LogP contribution >= 0.6 is 0 Å². The van der Waals surface area contributed by atoms with Gasteiger partial charge in [-0.05, 0) is 42.7 Å². The van der Waals surface area contributed by atoms with Crippen LogP contribution in [0, 0.1) is 0 Å². The van der Waals surface area contributed by atoms with Crippen LogP contribution in [0.2, 0.25) is 0 Å². The summed E-state index contributed by atoms with van der Waals surface area (Å²) < 4.78 is 27.6. The summed E-state index contributed by atoms with van der Waals surface area (Å²) in [6.45, 7) is 0. The summed E-state index contributed by atoms with van der Waals surface area (Å²) in [4.78, 5) is 12.8. The van der Waals surface area contributed by atoms with E-state index in [2.05, 4.69) is 15.4 Å². The Hall–Kier alpha value is -2.38. The lowest BCUT2D eigenvalue weighted by Crippen LogP contribution is -2.38. The highest BCUT2D eigenvalue weighted by atomic mass is 32.2. The lowest BCUT2D eigenvalue weighted by molar-refractivity contribution is 0.0933. The summed E-state index contributed by atoms with van der Waals surface area (Å²) in [7, 11) is -3.58. The third-order valence-corrected chi connectivity index (χ3v) is 6.93. The van der Waals surface area contributed by atoms with E-state index < -0.39 is 16.2 Å². The fourth-order valence-electron chi connectivity index (χ4n) is 3.89. The molecule has 2 aromatic carbocycles. The number of benzene rings is 2. The van der Waals surface area contributed by atoms with Crippen molar-refractivity contribution in [1.82, 2.24) is 10.0 Å². The van der Waals surface area contributed by atoms with E-state index in [0.717, 1.165) is 18.4 Å². The van der Waals surface area contributed by atoms with E-state index in [4.69, 9.17) is 0 Å². The quantitative estimate of drug-likeness (QED) is 0.689. The van der Waals surface area contributed by atoms with Gasteiger partial charge in [-0.2, -0.15) is 4.72 Å². The van der Waals surface area contributed by atoms with Crippen LogP contribution in [-0.4, -0.2) is 20.4 Å². The Labute approximate surface area is 165 Å². The second-order valence-electron chi connectivity index (χ2n) is 7.48. The minimum atomic E-state index is -3.58. The first kappa shape index (κ1) is 19.0. The number of amides is 1. The number of hydrogen-bond donors (Lipinski definition) is 3. The summed E-state index contributed by atoms with van der Waals surface area (Å²) in [5.74, 6) is -0.0685. The second-order valence-corrected chi connectivity index (χ2v) is 9.16. The fourth-order valence-corrected chi connectivity index (χ4v) is 5.20. The maximum Gasteiger partial charge on any atom is 0.251 e. The molecule has 1 heterocycles. The number of sulfonamides is 1. The van der Waals surface area contributed by atoms with Gasteiger partial charge in [0.05, 0.1) is 5.69 Å². The SMILES string of the molecule is O=C(NC1CCCCCC1)c1ccc([C@@H]2Nc3ccccc3S(=O)(=O)N2)cc1. The molecule has 0 unspecified atom stereocenters. The van der Waals surface area contributed by atoms with Crippen LogP contribution in [0.1, 0.15) is 60.6 Å². The van der Waals surface area contributed by atoms with Crippen molar-refractivity contribution in [2.45, 2.75) is 55.6 Å². The Morgan fingerprint density at radius 3 is 2.32 bits per heavy atom. The molecule has 0 saturated heterocycles.